The summed E-state index contributed by atoms with van der Waals surface area (Å²) in [6.45, 7) is 0. The Morgan fingerprint density at radius 2 is 2.15 bits per heavy atom. The summed E-state index contributed by atoms with van der Waals surface area (Å²) in [6, 6.07) is 7.12. The van der Waals surface area contributed by atoms with Crippen molar-refractivity contribution in [2.45, 2.75) is 0 Å². The zero-order valence-corrected chi connectivity index (χ0v) is 11.2. The third-order valence-corrected chi connectivity index (χ3v) is 3.02. The number of rotatable bonds is 2. The average molecular weight is 286 g/mol. The summed E-state index contributed by atoms with van der Waals surface area (Å²) in [4.78, 5) is 8.45. The largest absolute Gasteiger partial charge is 0.495 e. The molecular formula is C13H8ClN5O. The maximum atomic E-state index is 9.31. The van der Waals surface area contributed by atoms with E-state index < -0.39 is 0 Å². The third-order valence-electron chi connectivity index (χ3n) is 2.82. The summed E-state index contributed by atoms with van der Waals surface area (Å²) in [5, 5.41) is 13.8. The van der Waals surface area contributed by atoms with Crippen LogP contribution in [0.2, 0.25) is 5.15 Å². The van der Waals surface area contributed by atoms with Gasteiger partial charge in [0.2, 0.25) is 0 Å². The standard InChI is InChI=1S/C13H8ClN5O/c1-20-10-4-5-16-13(8(10)6-15)9-7-17-12-3-2-11(14)18-19(9)12/h2-5,7H,1H3. The van der Waals surface area contributed by atoms with Gasteiger partial charge in [-0.2, -0.15) is 10.4 Å². The lowest BCUT2D eigenvalue weighted by Gasteiger charge is -2.06. The SMILES string of the molecule is COc1ccnc(-c2cnc3ccc(Cl)nn23)c1C#N. The first-order valence-electron chi connectivity index (χ1n) is 5.68. The van der Waals surface area contributed by atoms with Crippen LogP contribution in [-0.4, -0.2) is 26.7 Å². The van der Waals surface area contributed by atoms with E-state index in [1.165, 1.54) is 7.11 Å². The van der Waals surface area contributed by atoms with Crippen LogP contribution in [0.15, 0.2) is 30.6 Å². The summed E-state index contributed by atoms with van der Waals surface area (Å²) in [5.41, 5.74) is 1.99. The van der Waals surface area contributed by atoms with Gasteiger partial charge in [0, 0.05) is 6.20 Å². The van der Waals surface area contributed by atoms with Gasteiger partial charge in [0.15, 0.2) is 5.65 Å². The Morgan fingerprint density at radius 1 is 1.30 bits per heavy atom. The smallest absolute Gasteiger partial charge is 0.154 e. The highest BCUT2D eigenvalue weighted by Gasteiger charge is 2.16. The molecule has 6 nitrogen and oxygen atoms in total. The van der Waals surface area contributed by atoms with Gasteiger partial charge in [-0.1, -0.05) is 11.6 Å². The number of pyridine rings is 1. The van der Waals surface area contributed by atoms with E-state index in [1.807, 2.05) is 0 Å². The lowest BCUT2D eigenvalue weighted by atomic mass is 10.1. The highest BCUT2D eigenvalue weighted by Crippen LogP contribution is 2.28. The van der Waals surface area contributed by atoms with Crippen LogP contribution in [-0.2, 0) is 0 Å². The Hall–Kier alpha value is -2.65. The molecule has 0 N–H and O–H groups in total. The Kier molecular flexibility index (Phi) is 2.97. The molecule has 98 valence electrons. The molecule has 0 aromatic carbocycles. The van der Waals surface area contributed by atoms with E-state index in [4.69, 9.17) is 16.3 Å². The number of ether oxygens (including phenoxy) is 1. The normalized spacial score (nSPS) is 10.4. The van der Waals surface area contributed by atoms with Crippen LogP contribution in [0.3, 0.4) is 0 Å². The van der Waals surface area contributed by atoms with Gasteiger partial charge in [0.25, 0.3) is 0 Å². The number of hydrogen-bond acceptors (Lipinski definition) is 5. The Balaban J connectivity index is 2.32. The number of nitrogens with zero attached hydrogens (tertiary/aromatic N) is 5. The van der Waals surface area contributed by atoms with Crippen molar-refractivity contribution in [1.29, 1.82) is 5.26 Å². The van der Waals surface area contributed by atoms with Gasteiger partial charge in [0.05, 0.1) is 13.3 Å². The minimum Gasteiger partial charge on any atom is -0.495 e. The lowest BCUT2D eigenvalue weighted by Crippen LogP contribution is -1.99. The maximum absolute atomic E-state index is 9.31. The molecule has 0 atom stereocenters. The van der Waals surface area contributed by atoms with Gasteiger partial charge in [-0.15, -0.1) is 0 Å². The van der Waals surface area contributed by atoms with E-state index in [0.29, 0.717) is 33.5 Å². The van der Waals surface area contributed by atoms with Crippen LogP contribution < -0.4 is 4.74 Å². The third kappa shape index (κ3) is 1.85. The summed E-state index contributed by atoms with van der Waals surface area (Å²) >= 11 is 5.90. The second-order valence-corrected chi connectivity index (χ2v) is 4.31. The molecule has 3 rings (SSSR count). The Morgan fingerprint density at radius 3 is 2.90 bits per heavy atom. The summed E-state index contributed by atoms with van der Waals surface area (Å²) in [7, 11) is 1.50. The molecule has 20 heavy (non-hydrogen) atoms. The number of aromatic nitrogens is 4. The van der Waals surface area contributed by atoms with Crippen molar-refractivity contribution in [3.8, 4) is 23.2 Å². The molecule has 7 heteroatoms. The van der Waals surface area contributed by atoms with Crippen LogP contribution in [0.4, 0.5) is 0 Å². The molecule has 3 aromatic rings. The molecular weight excluding hydrogens is 278 g/mol. The van der Waals surface area contributed by atoms with Crippen molar-refractivity contribution in [1.82, 2.24) is 19.6 Å². The van der Waals surface area contributed by atoms with E-state index in [1.54, 1.807) is 35.1 Å². The van der Waals surface area contributed by atoms with Crippen LogP contribution in [0.25, 0.3) is 17.0 Å². The quantitative estimate of drug-likeness (QED) is 0.722. The van der Waals surface area contributed by atoms with Crippen LogP contribution in [0, 0.1) is 11.3 Å². The molecule has 0 amide bonds. The fourth-order valence-electron chi connectivity index (χ4n) is 1.93. The fourth-order valence-corrected chi connectivity index (χ4v) is 2.07. The van der Waals surface area contributed by atoms with Gasteiger partial charge >= 0.3 is 0 Å². The minimum absolute atomic E-state index is 0.332. The first-order valence-corrected chi connectivity index (χ1v) is 6.06. The van der Waals surface area contributed by atoms with E-state index in [-0.39, 0.29) is 0 Å². The second-order valence-electron chi connectivity index (χ2n) is 3.92. The van der Waals surface area contributed by atoms with E-state index in [9.17, 15) is 5.26 Å². The summed E-state index contributed by atoms with van der Waals surface area (Å²) < 4.78 is 6.72. The summed E-state index contributed by atoms with van der Waals surface area (Å²) in [6.07, 6.45) is 3.17. The number of imidazole rings is 1. The van der Waals surface area contributed by atoms with E-state index in [2.05, 4.69) is 21.1 Å². The molecule has 0 saturated carbocycles. The predicted octanol–water partition coefficient (Wildman–Crippen LogP) is 2.32. The number of halogens is 1. The fraction of sp³-hybridized carbons (Fsp3) is 0.0769. The molecule has 0 saturated heterocycles. The molecule has 0 aliphatic rings. The number of fused-ring (bicyclic) bond motifs is 1. The van der Waals surface area contributed by atoms with E-state index in [0.717, 1.165) is 0 Å². The van der Waals surface area contributed by atoms with Crippen LogP contribution in [0.1, 0.15) is 5.56 Å². The van der Waals surface area contributed by atoms with Crippen LogP contribution in [0.5, 0.6) is 5.75 Å². The molecule has 0 aliphatic carbocycles. The maximum Gasteiger partial charge on any atom is 0.154 e. The molecule has 3 heterocycles. The van der Waals surface area contributed by atoms with E-state index >= 15 is 0 Å². The van der Waals surface area contributed by atoms with Gasteiger partial charge in [-0.3, -0.25) is 4.98 Å². The van der Waals surface area contributed by atoms with Gasteiger partial charge in [-0.25, -0.2) is 9.50 Å². The monoisotopic (exact) mass is 285 g/mol. The average Bonchev–Trinajstić information content (AvgIpc) is 2.89. The van der Waals surface area contributed by atoms with Crippen molar-refractivity contribution in [3.05, 3.63) is 41.3 Å². The first-order chi connectivity index (χ1) is 9.74. The number of methoxy groups -OCH3 is 1. The highest BCUT2D eigenvalue weighted by atomic mass is 35.5. The molecule has 3 aromatic heterocycles. The molecule has 0 unspecified atom stereocenters. The first kappa shape index (κ1) is 12.4. The van der Waals surface area contributed by atoms with Gasteiger partial charge in [0.1, 0.15) is 33.9 Å². The Labute approximate surface area is 119 Å². The molecule has 0 aliphatic heterocycles. The van der Waals surface area contributed by atoms with Gasteiger partial charge in [-0.05, 0) is 18.2 Å². The Bertz CT molecular complexity index is 836. The zero-order chi connectivity index (χ0) is 14.1. The van der Waals surface area contributed by atoms with Crippen molar-refractivity contribution in [2.75, 3.05) is 7.11 Å². The summed E-state index contributed by atoms with van der Waals surface area (Å²) in [5.74, 6) is 0.453. The highest BCUT2D eigenvalue weighted by molar-refractivity contribution is 6.29. The molecule has 0 fully saturated rings. The second kappa shape index (κ2) is 4.79. The minimum atomic E-state index is 0.332. The van der Waals surface area contributed by atoms with Crippen molar-refractivity contribution in [2.24, 2.45) is 0 Å². The predicted molar refractivity (Wildman–Crippen MR) is 72.5 cm³/mol. The number of hydrogen-bond donors (Lipinski definition) is 0. The van der Waals surface area contributed by atoms with Crippen molar-refractivity contribution >= 4 is 17.2 Å². The van der Waals surface area contributed by atoms with Crippen molar-refractivity contribution < 1.29 is 4.74 Å². The van der Waals surface area contributed by atoms with Gasteiger partial charge < -0.3 is 4.74 Å². The van der Waals surface area contributed by atoms with Crippen LogP contribution >= 0.6 is 11.6 Å². The topological polar surface area (TPSA) is 76.1 Å². The number of nitriles is 1. The lowest BCUT2D eigenvalue weighted by molar-refractivity contribution is 0.413. The molecule has 0 bridgehead atoms. The van der Waals surface area contributed by atoms with Crippen molar-refractivity contribution in [3.63, 3.8) is 0 Å². The molecule has 0 spiro atoms. The zero-order valence-electron chi connectivity index (χ0n) is 10.4. The molecule has 0 radical (unpaired) electrons.